The molecule has 0 radical (unpaired) electrons. The van der Waals surface area contributed by atoms with Gasteiger partial charge >= 0.3 is 6.36 Å². The molecule has 4 rings (SSSR count). The fourth-order valence-electron chi connectivity index (χ4n) is 3.63. The zero-order valence-corrected chi connectivity index (χ0v) is 15.9. The lowest BCUT2D eigenvalue weighted by Gasteiger charge is -2.47. The van der Waals surface area contributed by atoms with Crippen LogP contribution in [0.15, 0.2) is 24.3 Å². The first-order chi connectivity index (χ1) is 14.1. The second-order valence-electron chi connectivity index (χ2n) is 7.60. The number of carbonyl (C=O) groups is 2. The maximum atomic E-state index is 14.2. The molecular formula is C19H20F4N2O5. The first-order valence-electron chi connectivity index (χ1n) is 9.51. The lowest BCUT2D eigenvalue weighted by molar-refractivity contribution is -0.285. The summed E-state index contributed by atoms with van der Waals surface area (Å²) < 4.78 is 66.3. The number of halogens is 4. The number of rotatable bonds is 3. The molecule has 1 aliphatic carbocycles. The van der Waals surface area contributed by atoms with Crippen molar-refractivity contribution in [2.75, 3.05) is 39.4 Å². The first kappa shape index (κ1) is 20.9. The quantitative estimate of drug-likeness (QED) is 0.685. The molecule has 3 aliphatic rings. The van der Waals surface area contributed by atoms with Crippen LogP contribution in [0.2, 0.25) is 0 Å². The maximum absolute atomic E-state index is 14.2. The van der Waals surface area contributed by atoms with Gasteiger partial charge in [0.05, 0.1) is 26.3 Å². The highest BCUT2D eigenvalue weighted by Crippen LogP contribution is 2.42. The van der Waals surface area contributed by atoms with Crippen LogP contribution in [0.3, 0.4) is 0 Å². The van der Waals surface area contributed by atoms with E-state index in [9.17, 15) is 27.2 Å². The van der Waals surface area contributed by atoms with E-state index >= 15 is 0 Å². The van der Waals surface area contributed by atoms with E-state index in [4.69, 9.17) is 9.47 Å². The summed E-state index contributed by atoms with van der Waals surface area (Å²) in [6.45, 7) is 0.780. The minimum Gasteiger partial charge on any atom is -0.406 e. The molecule has 0 bridgehead atoms. The van der Waals surface area contributed by atoms with E-state index < -0.39 is 35.4 Å². The lowest BCUT2D eigenvalue weighted by atomic mass is 10.1. The number of amides is 2. The normalized spacial score (nSPS) is 25.9. The van der Waals surface area contributed by atoms with Gasteiger partial charge in [-0.2, -0.15) is 0 Å². The van der Waals surface area contributed by atoms with Gasteiger partial charge in [-0.3, -0.25) is 9.59 Å². The minimum atomic E-state index is -4.82. The smallest absolute Gasteiger partial charge is 0.406 e. The van der Waals surface area contributed by atoms with E-state index in [1.54, 1.807) is 0 Å². The van der Waals surface area contributed by atoms with Crippen molar-refractivity contribution < 1.29 is 41.4 Å². The number of alkyl halides is 4. The summed E-state index contributed by atoms with van der Waals surface area (Å²) in [4.78, 5) is 28.0. The van der Waals surface area contributed by atoms with Crippen LogP contribution < -0.4 is 4.74 Å². The molecule has 2 aliphatic heterocycles. The first-order valence-corrected chi connectivity index (χ1v) is 9.51. The molecule has 1 aromatic rings. The Morgan fingerprint density at radius 3 is 2.10 bits per heavy atom. The van der Waals surface area contributed by atoms with Crippen molar-refractivity contribution in [2.24, 2.45) is 0 Å². The third-order valence-corrected chi connectivity index (χ3v) is 5.30. The highest BCUT2D eigenvalue weighted by molar-refractivity contribution is 5.94. The third-order valence-electron chi connectivity index (χ3n) is 5.30. The van der Waals surface area contributed by atoms with Gasteiger partial charge in [0, 0.05) is 18.7 Å². The second-order valence-corrected chi connectivity index (χ2v) is 7.60. The Balaban J connectivity index is 1.43. The van der Waals surface area contributed by atoms with Crippen molar-refractivity contribution in [1.82, 2.24) is 9.80 Å². The fraction of sp³-hybridized carbons (Fsp3) is 0.579. The highest BCUT2D eigenvalue weighted by Gasteiger charge is 2.55. The highest BCUT2D eigenvalue weighted by atomic mass is 19.4. The SMILES string of the molecule is O=C(c1ccc(OC(F)(F)F)cc1)N1CCOC2(C1)CN(C(=O)C1(F)CC1)CCO2. The summed E-state index contributed by atoms with van der Waals surface area (Å²) in [5.74, 6) is -2.70. The van der Waals surface area contributed by atoms with Gasteiger partial charge in [0.25, 0.3) is 11.8 Å². The largest absolute Gasteiger partial charge is 0.573 e. The van der Waals surface area contributed by atoms with Crippen LogP contribution in [0.25, 0.3) is 0 Å². The summed E-state index contributed by atoms with van der Waals surface area (Å²) in [6.07, 6.45) is -4.41. The predicted molar refractivity (Wildman–Crippen MR) is 93.3 cm³/mol. The predicted octanol–water partition coefficient (Wildman–Crippen LogP) is 2.11. The maximum Gasteiger partial charge on any atom is 0.573 e. The van der Waals surface area contributed by atoms with Gasteiger partial charge in [0.1, 0.15) is 5.75 Å². The molecule has 30 heavy (non-hydrogen) atoms. The van der Waals surface area contributed by atoms with Crippen LogP contribution in [0.4, 0.5) is 17.6 Å². The summed E-state index contributed by atoms with van der Waals surface area (Å²) in [5, 5.41) is 0. The molecule has 0 N–H and O–H groups in total. The zero-order chi connectivity index (χ0) is 21.6. The van der Waals surface area contributed by atoms with Gasteiger partial charge in [-0.15, -0.1) is 13.2 Å². The van der Waals surface area contributed by atoms with Crippen molar-refractivity contribution in [1.29, 1.82) is 0 Å². The molecule has 1 spiro atoms. The molecular weight excluding hydrogens is 412 g/mol. The number of carbonyl (C=O) groups excluding carboxylic acids is 2. The molecule has 7 nitrogen and oxygen atoms in total. The molecule has 1 atom stereocenters. The van der Waals surface area contributed by atoms with Crippen LogP contribution >= 0.6 is 0 Å². The average molecular weight is 432 g/mol. The molecule has 2 amide bonds. The fourth-order valence-corrected chi connectivity index (χ4v) is 3.63. The molecule has 1 saturated carbocycles. The number of hydrogen-bond donors (Lipinski definition) is 0. The monoisotopic (exact) mass is 432 g/mol. The van der Waals surface area contributed by atoms with Gasteiger partial charge in [-0.25, -0.2) is 4.39 Å². The summed E-state index contributed by atoms with van der Waals surface area (Å²) >= 11 is 0. The van der Waals surface area contributed by atoms with E-state index in [1.165, 1.54) is 21.9 Å². The molecule has 2 saturated heterocycles. The average Bonchev–Trinajstić information content (AvgIpc) is 3.45. The second kappa shape index (κ2) is 7.38. The van der Waals surface area contributed by atoms with Gasteiger partial charge in [0.15, 0.2) is 5.67 Å². The lowest BCUT2D eigenvalue weighted by Crippen LogP contribution is -2.64. The van der Waals surface area contributed by atoms with E-state index in [0.29, 0.717) is 0 Å². The molecule has 1 aromatic carbocycles. The van der Waals surface area contributed by atoms with E-state index in [1.807, 2.05) is 0 Å². The summed E-state index contributed by atoms with van der Waals surface area (Å²) in [6, 6.07) is 4.60. The van der Waals surface area contributed by atoms with Gasteiger partial charge < -0.3 is 24.0 Å². The Labute approximate surface area is 169 Å². The molecule has 164 valence electrons. The van der Waals surface area contributed by atoms with Crippen molar-refractivity contribution in [3.63, 3.8) is 0 Å². The molecule has 2 heterocycles. The summed E-state index contributed by atoms with van der Waals surface area (Å²) in [5.41, 5.74) is -1.63. The van der Waals surface area contributed by atoms with E-state index in [-0.39, 0.29) is 57.8 Å². The molecule has 1 unspecified atom stereocenters. The van der Waals surface area contributed by atoms with Crippen LogP contribution in [0.5, 0.6) is 5.75 Å². The minimum absolute atomic E-state index is 0.000353. The van der Waals surface area contributed by atoms with Gasteiger partial charge in [-0.1, -0.05) is 0 Å². The van der Waals surface area contributed by atoms with Gasteiger partial charge in [-0.05, 0) is 37.1 Å². The van der Waals surface area contributed by atoms with Crippen LogP contribution in [-0.4, -0.2) is 78.8 Å². The van der Waals surface area contributed by atoms with Crippen molar-refractivity contribution >= 4 is 11.8 Å². The van der Waals surface area contributed by atoms with Crippen LogP contribution in [0.1, 0.15) is 23.2 Å². The number of hydrogen-bond acceptors (Lipinski definition) is 5. The van der Waals surface area contributed by atoms with Crippen LogP contribution in [0, 0.1) is 0 Å². The van der Waals surface area contributed by atoms with Crippen molar-refractivity contribution in [3.8, 4) is 5.75 Å². The summed E-state index contributed by atoms with van der Waals surface area (Å²) in [7, 11) is 0. The van der Waals surface area contributed by atoms with E-state index in [2.05, 4.69) is 4.74 Å². The molecule has 3 fully saturated rings. The molecule has 0 aromatic heterocycles. The Morgan fingerprint density at radius 1 is 0.967 bits per heavy atom. The third kappa shape index (κ3) is 4.36. The standard InChI is InChI=1S/C19H20F4N2O5/c20-17(5-6-17)16(27)25-8-10-29-18(12-25)11-24(7-9-28-18)15(26)13-1-3-14(4-2-13)30-19(21,22)23/h1-4H,5-12H2. The Hall–Kier alpha value is -2.40. The topological polar surface area (TPSA) is 68.3 Å². The Bertz CT molecular complexity index is 823. The number of benzene rings is 1. The van der Waals surface area contributed by atoms with Crippen molar-refractivity contribution in [3.05, 3.63) is 29.8 Å². The van der Waals surface area contributed by atoms with Crippen LogP contribution in [-0.2, 0) is 14.3 Å². The molecule has 11 heteroatoms. The Kier molecular flexibility index (Phi) is 5.13. The number of nitrogens with zero attached hydrogens (tertiary/aromatic N) is 2. The van der Waals surface area contributed by atoms with E-state index in [0.717, 1.165) is 12.1 Å². The zero-order valence-electron chi connectivity index (χ0n) is 15.9. The number of morpholine rings is 2. The number of ether oxygens (including phenoxy) is 3. The van der Waals surface area contributed by atoms with Gasteiger partial charge in [0.2, 0.25) is 5.79 Å². The van der Waals surface area contributed by atoms with Crippen molar-refractivity contribution in [2.45, 2.75) is 30.7 Å². The Morgan fingerprint density at radius 2 is 1.53 bits per heavy atom.